The largest absolute Gasteiger partial charge is 0.503 e. The zero-order valence-corrected chi connectivity index (χ0v) is 12.6. The summed E-state index contributed by atoms with van der Waals surface area (Å²) in [4.78, 5) is 35.0. The van der Waals surface area contributed by atoms with Crippen LogP contribution in [0.25, 0.3) is 0 Å². The molecule has 0 fully saturated rings. The summed E-state index contributed by atoms with van der Waals surface area (Å²) in [5, 5.41) is 23.2. The minimum atomic E-state index is -0.807. The van der Waals surface area contributed by atoms with Crippen LogP contribution in [0.1, 0.15) is 18.0 Å². The Balaban J connectivity index is 1.96. The van der Waals surface area contributed by atoms with Gasteiger partial charge in [0.2, 0.25) is 5.78 Å². The molecule has 118 valence electrons. The lowest BCUT2D eigenvalue weighted by Crippen LogP contribution is -2.23. The summed E-state index contributed by atoms with van der Waals surface area (Å²) in [6.07, 6.45) is 2.55. The van der Waals surface area contributed by atoms with E-state index in [9.17, 15) is 24.8 Å². The van der Waals surface area contributed by atoms with E-state index in [0.717, 1.165) is 12.2 Å². The molecule has 1 atom stereocenters. The molecule has 23 heavy (non-hydrogen) atoms. The van der Waals surface area contributed by atoms with Gasteiger partial charge in [0, 0.05) is 17.9 Å². The molecule has 1 aromatic carbocycles. The monoisotopic (exact) mass is 332 g/mol. The Hall–Kier alpha value is -2.61. The van der Waals surface area contributed by atoms with Crippen molar-refractivity contribution in [2.75, 3.05) is 5.75 Å². The second kappa shape index (κ2) is 5.88. The zero-order valence-electron chi connectivity index (χ0n) is 11.8. The Morgan fingerprint density at radius 2 is 2.04 bits per heavy atom. The van der Waals surface area contributed by atoms with E-state index in [1.165, 1.54) is 36.0 Å². The fraction of sp³-hybridized carbons (Fsp3) is 0.200. The highest BCUT2D eigenvalue weighted by Gasteiger charge is 2.38. The van der Waals surface area contributed by atoms with Crippen LogP contribution in [0.15, 0.2) is 46.6 Å². The predicted octanol–water partition coefficient (Wildman–Crippen LogP) is 2.17. The first-order chi connectivity index (χ1) is 11.0. The summed E-state index contributed by atoms with van der Waals surface area (Å²) < 4.78 is 0. The highest BCUT2D eigenvalue weighted by Crippen LogP contribution is 2.36. The minimum absolute atomic E-state index is 0.00972. The van der Waals surface area contributed by atoms with Crippen LogP contribution in [0.2, 0.25) is 0 Å². The van der Waals surface area contributed by atoms with Gasteiger partial charge in [0.1, 0.15) is 0 Å². The number of non-ortho nitro benzene ring substituents is 1. The third-order valence-corrected chi connectivity index (χ3v) is 4.75. The van der Waals surface area contributed by atoms with Crippen LogP contribution in [-0.2, 0) is 9.59 Å². The molecule has 2 aliphatic rings. The van der Waals surface area contributed by atoms with E-state index in [1.54, 1.807) is 6.08 Å². The van der Waals surface area contributed by atoms with Gasteiger partial charge in [0.25, 0.3) is 11.6 Å². The van der Waals surface area contributed by atoms with Crippen LogP contribution in [0.5, 0.6) is 0 Å². The third kappa shape index (κ3) is 2.72. The topological polar surface area (TPSA) is 110 Å². The number of rotatable bonds is 4. The highest BCUT2D eigenvalue weighted by atomic mass is 32.2. The molecule has 0 bridgehead atoms. The number of Topliss-reactive ketones (excluding diaryl/α,β-unsaturated/α-hetero) is 1. The van der Waals surface area contributed by atoms with Crippen molar-refractivity contribution in [3.63, 3.8) is 0 Å². The molecule has 1 amide bonds. The number of benzene rings is 1. The Kier molecular flexibility index (Phi) is 3.91. The molecule has 2 heterocycles. The van der Waals surface area contributed by atoms with E-state index >= 15 is 0 Å². The number of aliphatic hydroxyl groups excluding tert-OH is 1. The molecule has 0 saturated carbocycles. The predicted molar refractivity (Wildman–Crippen MR) is 83.8 cm³/mol. The van der Waals surface area contributed by atoms with Crippen LogP contribution >= 0.6 is 11.8 Å². The van der Waals surface area contributed by atoms with Crippen molar-refractivity contribution in [1.29, 1.82) is 0 Å². The van der Waals surface area contributed by atoms with E-state index in [0.29, 0.717) is 10.5 Å². The maximum Gasteiger partial charge on any atom is 0.287 e. The van der Waals surface area contributed by atoms with Crippen LogP contribution < -0.4 is 5.32 Å². The van der Waals surface area contributed by atoms with Gasteiger partial charge < -0.3 is 10.4 Å². The van der Waals surface area contributed by atoms with E-state index in [1.807, 2.05) is 0 Å². The molecule has 2 aliphatic heterocycles. The van der Waals surface area contributed by atoms with Crippen molar-refractivity contribution in [1.82, 2.24) is 5.32 Å². The molecular formula is C15H12N2O5S. The Bertz CT molecular complexity index is 767. The highest BCUT2D eigenvalue weighted by molar-refractivity contribution is 8.04. The van der Waals surface area contributed by atoms with Crippen LogP contribution in [-0.4, -0.2) is 27.5 Å². The molecular weight excluding hydrogens is 320 g/mol. The fourth-order valence-electron chi connectivity index (χ4n) is 2.52. The number of carbonyl (C=O) groups is 2. The van der Waals surface area contributed by atoms with E-state index < -0.39 is 22.6 Å². The number of nitrogens with one attached hydrogen (secondary N) is 1. The smallest absolute Gasteiger partial charge is 0.287 e. The molecule has 0 aromatic heterocycles. The van der Waals surface area contributed by atoms with Crippen molar-refractivity contribution in [3.8, 4) is 0 Å². The SMILES string of the molecule is O=C1NC(c2ccc([N+](=O)[O-])cc2)C(C(=O)C2=CCCS2)=C1O. The number of nitro groups is 1. The van der Waals surface area contributed by atoms with E-state index in [-0.39, 0.29) is 17.0 Å². The minimum Gasteiger partial charge on any atom is -0.503 e. The maximum atomic E-state index is 12.6. The first kappa shape index (κ1) is 15.3. The average Bonchev–Trinajstić information content (AvgIpc) is 3.16. The summed E-state index contributed by atoms with van der Waals surface area (Å²) in [5.41, 5.74) is 0.401. The van der Waals surface area contributed by atoms with Gasteiger partial charge in [-0.05, 0) is 24.1 Å². The quantitative estimate of drug-likeness (QED) is 0.646. The normalized spacial score (nSPS) is 20.4. The molecule has 1 aromatic rings. The second-order valence-corrected chi connectivity index (χ2v) is 6.19. The van der Waals surface area contributed by atoms with E-state index in [4.69, 9.17) is 0 Å². The summed E-state index contributed by atoms with van der Waals surface area (Å²) in [5.74, 6) is -0.905. The van der Waals surface area contributed by atoms with Crippen LogP contribution in [0, 0.1) is 10.1 Å². The maximum absolute atomic E-state index is 12.6. The molecule has 1 unspecified atom stereocenters. The van der Waals surface area contributed by atoms with Crippen LogP contribution in [0.3, 0.4) is 0 Å². The van der Waals surface area contributed by atoms with Gasteiger partial charge in [-0.25, -0.2) is 0 Å². The summed E-state index contributed by atoms with van der Waals surface area (Å²) in [6, 6.07) is 4.71. The number of nitrogens with zero attached hydrogens (tertiary/aromatic N) is 1. The van der Waals surface area contributed by atoms with Gasteiger partial charge in [0.05, 0.1) is 21.4 Å². The number of allylic oxidation sites excluding steroid dienone is 2. The first-order valence-electron chi connectivity index (χ1n) is 6.85. The Labute approximate surface area is 135 Å². The van der Waals surface area contributed by atoms with Gasteiger partial charge in [-0.15, -0.1) is 11.8 Å². The Morgan fingerprint density at radius 1 is 1.35 bits per heavy atom. The molecule has 3 rings (SSSR count). The van der Waals surface area contributed by atoms with Crippen molar-refractivity contribution >= 4 is 29.1 Å². The van der Waals surface area contributed by atoms with Crippen molar-refractivity contribution in [2.24, 2.45) is 0 Å². The van der Waals surface area contributed by atoms with Crippen molar-refractivity contribution in [2.45, 2.75) is 12.5 Å². The van der Waals surface area contributed by atoms with Crippen molar-refractivity contribution < 1.29 is 19.6 Å². The second-order valence-electron chi connectivity index (χ2n) is 5.05. The number of nitro benzene ring substituents is 1. The molecule has 0 radical (unpaired) electrons. The lowest BCUT2D eigenvalue weighted by molar-refractivity contribution is -0.384. The van der Waals surface area contributed by atoms with Crippen molar-refractivity contribution in [3.05, 3.63) is 62.3 Å². The summed E-state index contributed by atoms with van der Waals surface area (Å²) in [6.45, 7) is 0. The number of carbonyl (C=O) groups excluding carboxylic acids is 2. The summed E-state index contributed by atoms with van der Waals surface area (Å²) in [7, 11) is 0. The number of hydrogen-bond acceptors (Lipinski definition) is 6. The van der Waals surface area contributed by atoms with Crippen LogP contribution in [0.4, 0.5) is 5.69 Å². The molecule has 0 saturated heterocycles. The van der Waals surface area contributed by atoms with E-state index in [2.05, 4.69) is 5.32 Å². The summed E-state index contributed by atoms with van der Waals surface area (Å²) >= 11 is 1.38. The van der Waals surface area contributed by atoms with Gasteiger partial charge in [0.15, 0.2) is 5.76 Å². The lowest BCUT2D eigenvalue weighted by Gasteiger charge is -2.14. The number of aliphatic hydroxyl groups is 1. The molecule has 2 N–H and O–H groups in total. The fourth-order valence-corrected chi connectivity index (χ4v) is 3.45. The average molecular weight is 332 g/mol. The molecule has 0 spiro atoms. The first-order valence-corrected chi connectivity index (χ1v) is 7.83. The standard InChI is InChI=1S/C15H12N2O5S/c18-13(10-2-1-7-23-10)11-12(16-15(20)14(11)19)8-3-5-9(6-4-8)17(21)22/h2-6,12,19H,1,7H2,(H,16,20). The number of hydrogen-bond donors (Lipinski definition) is 2. The number of thioether (sulfide) groups is 1. The number of amides is 1. The van der Waals surface area contributed by atoms with Gasteiger partial charge >= 0.3 is 0 Å². The third-order valence-electron chi connectivity index (χ3n) is 3.65. The van der Waals surface area contributed by atoms with Gasteiger partial charge in [-0.1, -0.05) is 6.08 Å². The molecule has 0 aliphatic carbocycles. The van der Waals surface area contributed by atoms with Gasteiger partial charge in [-0.2, -0.15) is 0 Å². The van der Waals surface area contributed by atoms with Gasteiger partial charge in [-0.3, -0.25) is 19.7 Å². The Morgan fingerprint density at radius 3 is 2.61 bits per heavy atom. The molecule has 8 heteroatoms. The lowest BCUT2D eigenvalue weighted by atomic mass is 9.96. The number of ketones is 1. The zero-order chi connectivity index (χ0) is 16.6. The molecule has 7 nitrogen and oxygen atoms in total.